The van der Waals surface area contributed by atoms with Crippen LogP contribution in [0.2, 0.25) is 10.0 Å². The molecule has 0 atom stereocenters. The van der Waals surface area contributed by atoms with Crippen LogP contribution in [-0.2, 0) is 6.42 Å². The fourth-order valence-corrected chi connectivity index (χ4v) is 1.74. The number of hydrogen-bond acceptors (Lipinski definition) is 4. The minimum Gasteiger partial charge on any atom is -0.339 e. The monoisotopic (exact) mass is 277 g/mol. The summed E-state index contributed by atoms with van der Waals surface area (Å²) >= 11 is 17.2. The van der Waals surface area contributed by atoms with Crippen LogP contribution >= 0.6 is 34.8 Å². The summed E-state index contributed by atoms with van der Waals surface area (Å²) in [5.41, 5.74) is 0.440. The molecule has 0 amide bonds. The summed E-state index contributed by atoms with van der Waals surface area (Å²) in [5.74, 6) is 1.21. The number of alkyl halides is 1. The Labute approximate surface area is 107 Å². The van der Waals surface area contributed by atoms with Crippen molar-refractivity contribution in [1.29, 1.82) is 0 Å². The molecule has 2 aromatic rings. The van der Waals surface area contributed by atoms with E-state index in [9.17, 15) is 0 Å². The Hall–Kier alpha value is -0.840. The topological polar surface area (TPSA) is 51.8 Å². The molecule has 2 aromatic heterocycles. The standard InChI is InChI=1S/C9H6Cl3N3O/c10-2-1-7-14-9(15-16-7)8-6(12)3-5(11)4-13-8/h3-4H,1-2H2. The smallest absolute Gasteiger partial charge is 0.228 e. The lowest BCUT2D eigenvalue weighted by atomic mass is 10.3. The number of halogens is 3. The second-order valence-electron chi connectivity index (χ2n) is 2.93. The van der Waals surface area contributed by atoms with Gasteiger partial charge in [-0.25, -0.2) is 4.98 Å². The summed E-state index contributed by atoms with van der Waals surface area (Å²) < 4.78 is 4.97. The number of rotatable bonds is 3. The van der Waals surface area contributed by atoms with Crippen LogP contribution in [0.15, 0.2) is 16.8 Å². The summed E-state index contributed by atoms with van der Waals surface area (Å²) in [4.78, 5) is 8.15. The van der Waals surface area contributed by atoms with Crippen LogP contribution in [0.5, 0.6) is 0 Å². The highest BCUT2D eigenvalue weighted by Gasteiger charge is 2.13. The Balaban J connectivity index is 2.35. The van der Waals surface area contributed by atoms with Crippen LogP contribution in [-0.4, -0.2) is 21.0 Å². The van der Waals surface area contributed by atoms with Crippen molar-refractivity contribution in [2.75, 3.05) is 5.88 Å². The van der Waals surface area contributed by atoms with Crippen molar-refractivity contribution in [3.63, 3.8) is 0 Å². The molecule has 0 aromatic carbocycles. The van der Waals surface area contributed by atoms with Crippen molar-refractivity contribution in [2.45, 2.75) is 6.42 Å². The largest absolute Gasteiger partial charge is 0.339 e. The molecule has 0 radical (unpaired) electrons. The van der Waals surface area contributed by atoms with Gasteiger partial charge in [-0.2, -0.15) is 4.98 Å². The number of nitrogens with zero attached hydrogens (tertiary/aromatic N) is 3. The lowest BCUT2D eigenvalue weighted by Crippen LogP contribution is -1.89. The van der Waals surface area contributed by atoms with Gasteiger partial charge in [-0.15, -0.1) is 11.6 Å². The average Bonchev–Trinajstić information content (AvgIpc) is 2.67. The van der Waals surface area contributed by atoms with Crippen LogP contribution in [0.25, 0.3) is 11.5 Å². The van der Waals surface area contributed by atoms with E-state index < -0.39 is 0 Å². The zero-order valence-corrected chi connectivity index (χ0v) is 10.2. The first-order chi connectivity index (χ1) is 7.70. The van der Waals surface area contributed by atoms with Gasteiger partial charge in [-0.05, 0) is 6.07 Å². The van der Waals surface area contributed by atoms with E-state index >= 15 is 0 Å². The van der Waals surface area contributed by atoms with E-state index in [-0.39, 0.29) is 0 Å². The molecule has 7 heteroatoms. The molecule has 0 aliphatic rings. The number of aryl methyl sites for hydroxylation is 1. The van der Waals surface area contributed by atoms with Crippen molar-refractivity contribution >= 4 is 34.8 Å². The molecular weight excluding hydrogens is 272 g/mol. The lowest BCUT2D eigenvalue weighted by Gasteiger charge is -1.97. The summed E-state index contributed by atoms with van der Waals surface area (Å²) in [5, 5.41) is 4.60. The quantitative estimate of drug-likeness (QED) is 0.809. The van der Waals surface area contributed by atoms with Gasteiger partial charge in [0.05, 0.1) is 10.0 Å². The van der Waals surface area contributed by atoms with Crippen molar-refractivity contribution < 1.29 is 4.52 Å². The molecule has 0 N–H and O–H groups in total. The first-order valence-corrected chi connectivity index (χ1v) is 5.69. The van der Waals surface area contributed by atoms with E-state index in [1.165, 1.54) is 6.20 Å². The van der Waals surface area contributed by atoms with Gasteiger partial charge in [0, 0.05) is 18.5 Å². The van der Waals surface area contributed by atoms with Crippen LogP contribution in [0, 0.1) is 0 Å². The average molecular weight is 279 g/mol. The van der Waals surface area contributed by atoms with Crippen molar-refractivity contribution in [2.24, 2.45) is 0 Å². The zero-order valence-electron chi connectivity index (χ0n) is 7.95. The molecule has 84 valence electrons. The van der Waals surface area contributed by atoms with Gasteiger partial charge in [0.1, 0.15) is 5.69 Å². The van der Waals surface area contributed by atoms with Gasteiger partial charge in [-0.1, -0.05) is 28.4 Å². The maximum atomic E-state index is 5.96. The normalized spacial score (nSPS) is 10.7. The van der Waals surface area contributed by atoms with Crippen LogP contribution < -0.4 is 0 Å². The molecule has 0 unspecified atom stereocenters. The van der Waals surface area contributed by atoms with E-state index in [4.69, 9.17) is 39.3 Å². The molecule has 0 spiro atoms. The fourth-order valence-electron chi connectivity index (χ4n) is 1.11. The molecule has 0 bridgehead atoms. The third-order valence-electron chi connectivity index (χ3n) is 1.80. The first-order valence-electron chi connectivity index (χ1n) is 4.40. The highest BCUT2D eigenvalue weighted by molar-refractivity contribution is 6.35. The molecular formula is C9H6Cl3N3O. The number of pyridine rings is 1. The molecule has 0 saturated carbocycles. The van der Waals surface area contributed by atoms with Crippen LogP contribution in [0.1, 0.15) is 5.89 Å². The highest BCUT2D eigenvalue weighted by atomic mass is 35.5. The predicted octanol–water partition coefficient (Wildman–Crippen LogP) is 3.22. The minimum absolute atomic E-state index is 0.335. The van der Waals surface area contributed by atoms with E-state index in [1.807, 2.05) is 0 Å². The predicted molar refractivity (Wildman–Crippen MR) is 62.0 cm³/mol. The van der Waals surface area contributed by atoms with Crippen molar-refractivity contribution in [1.82, 2.24) is 15.1 Å². The van der Waals surface area contributed by atoms with E-state index in [0.29, 0.717) is 39.8 Å². The molecule has 2 rings (SSSR count). The van der Waals surface area contributed by atoms with Gasteiger partial charge in [-0.3, -0.25) is 0 Å². The zero-order chi connectivity index (χ0) is 11.5. The SMILES string of the molecule is ClCCc1nc(-c2ncc(Cl)cc2Cl)no1. The Morgan fingerprint density at radius 1 is 1.31 bits per heavy atom. The molecule has 4 nitrogen and oxygen atoms in total. The third kappa shape index (κ3) is 2.45. The van der Waals surface area contributed by atoms with Gasteiger partial charge < -0.3 is 4.52 Å². The molecule has 0 aliphatic heterocycles. The Kier molecular flexibility index (Phi) is 3.63. The van der Waals surface area contributed by atoms with Gasteiger partial charge in [0.2, 0.25) is 11.7 Å². The molecule has 2 heterocycles. The van der Waals surface area contributed by atoms with Gasteiger partial charge in [0.25, 0.3) is 0 Å². The number of aromatic nitrogens is 3. The molecule has 0 saturated heterocycles. The maximum Gasteiger partial charge on any atom is 0.228 e. The van der Waals surface area contributed by atoms with Crippen LogP contribution in [0.4, 0.5) is 0 Å². The fraction of sp³-hybridized carbons (Fsp3) is 0.222. The molecule has 0 aliphatic carbocycles. The van der Waals surface area contributed by atoms with E-state index in [2.05, 4.69) is 15.1 Å². The summed E-state index contributed by atoms with van der Waals surface area (Å²) in [6.45, 7) is 0. The van der Waals surface area contributed by atoms with Crippen molar-refractivity contribution in [3.05, 3.63) is 28.2 Å². The summed E-state index contributed by atoms with van der Waals surface area (Å²) in [6.07, 6.45) is 1.99. The second kappa shape index (κ2) is 4.99. The summed E-state index contributed by atoms with van der Waals surface area (Å²) in [6, 6.07) is 1.57. The highest BCUT2D eigenvalue weighted by Crippen LogP contribution is 2.25. The molecule has 0 fully saturated rings. The van der Waals surface area contributed by atoms with E-state index in [1.54, 1.807) is 6.07 Å². The maximum absolute atomic E-state index is 5.96. The Morgan fingerprint density at radius 2 is 2.12 bits per heavy atom. The Bertz CT molecular complexity index is 500. The van der Waals surface area contributed by atoms with Crippen LogP contribution in [0.3, 0.4) is 0 Å². The second-order valence-corrected chi connectivity index (χ2v) is 4.16. The van der Waals surface area contributed by atoms with E-state index in [0.717, 1.165) is 0 Å². The molecule has 16 heavy (non-hydrogen) atoms. The van der Waals surface area contributed by atoms with Crippen molar-refractivity contribution in [3.8, 4) is 11.5 Å². The summed E-state index contributed by atoms with van der Waals surface area (Å²) in [7, 11) is 0. The Morgan fingerprint density at radius 3 is 2.81 bits per heavy atom. The van der Waals surface area contributed by atoms with Gasteiger partial charge in [0.15, 0.2) is 0 Å². The number of hydrogen-bond donors (Lipinski definition) is 0. The first kappa shape index (κ1) is 11.6. The minimum atomic E-state index is 0.335. The lowest BCUT2D eigenvalue weighted by molar-refractivity contribution is 0.383. The third-order valence-corrected chi connectivity index (χ3v) is 2.48. The van der Waals surface area contributed by atoms with Gasteiger partial charge >= 0.3 is 0 Å².